The van der Waals surface area contributed by atoms with Crippen LogP contribution < -0.4 is 10.1 Å². The number of fused-ring (bicyclic) bond motifs is 2. The molecule has 32 heavy (non-hydrogen) atoms. The Bertz CT molecular complexity index is 1520. The highest BCUT2D eigenvalue weighted by atomic mass is 16.5. The number of benzene rings is 2. The number of pyridine rings is 1. The maximum absolute atomic E-state index is 12.0. The zero-order chi connectivity index (χ0) is 22.1. The molecule has 0 aliphatic rings. The van der Waals surface area contributed by atoms with Crippen LogP contribution in [-0.2, 0) is 0 Å². The first kappa shape index (κ1) is 19.2. The molecule has 5 aromatic rings. The molecule has 0 fully saturated rings. The van der Waals surface area contributed by atoms with Crippen molar-refractivity contribution in [2.45, 2.75) is 6.92 Å². The van der Waals surface area contributed by atoms with E-state index in [-0.39, 0.29) is 5.78 Å². The Hall–Kier alpha value is -4.77. The van der Waals surface area contributed by atoms with E-state index in [1.807, 2.05) is 6.07 Å². The number of anilines is 2. The molecular formula is C24H16N6O2. The minimum Gasteiger partial charge on any atom is -0.436 e. The summed E-state index contributed by atoms with van der Waals surface area (Å²) in [6, 6.07) is 16.2. The monoisotopic (exact) mass is 420 g/mol. The zero-order valence-corrected chi connectivity index (χ0v) is 17.0. The molecule has 0 saturated carbocycles. The molecule has 8 heteroatoms. The third kappa shape index (κ3) is 3.48. The van der Waals surface area contributed by atoms with Crippen LogP contribution in [0.1, 0.15) is 22.8 Å². The van der Waals surface area contributed by atoms with Gasteiger partial charge in [-0.2, -0.15) is 10.2 Å². The summed E-state index contributed by atoms with van der Waals surface area (Å²) in [5, 5.41) is 13.6. The Labute approximate surface area is 182 Å². The lowest BCUT2D eigenvalue weighted by atomic mass is 10.0. The molecule has 0 unspecified atom stereocenters. The molecule has 0 spiro atoms. The van der Waals surface area contributed by atoms with Crippen molar-refractivity contribution < 1.29 is 9.53 Å². The van der Waals surface area contributed by atoms with Crippen LogP contribution in [-0.4, -0.2) is 25.7 Å². The lowest BCUT2D eigenvalue weighted by Gasteiger charge is -2.12. The summed E-state index contributed by atoms with van der Waals surface area (Å²) in [5.41, 5.74) is 3.23. The second-order valence-corrected chi connectivity index (χ2v) is 7.10. The number of ether oxygens (including phenoxy) is 1. The number of hydrogen-bond acceptors (Lipinski definition) is 7. The van der Waals surface area contributed by atoms with Crippen molar-refractivity contribution in [3.63, 3.8) is 0 Å². The van der Waals surface area contributed by atoms with Gasteiger partial charge in [-0.05, 0) is 60.8 Å². The van der Waals surface area contributed by atoms with Crippen molar-refractivity contribution in [3.8, 4) is 17.7 Å². The van der Waals surface area contributed by atoms with Gasteiger partial charge in [0.15, 0.2) is 5.78 Å². The van der Waals surface area contributed by atoms with Gasteiger partial charge in [0.2, 0.25) is 11.8 Å². The molecule has 0 aliphatic heterocycles. The zero-order valence-electron chi connectivity index (χ0n) is 17.0. The molecule has 0 aliphatic carbocycles. The van der Waals surface area contributed by atoms with Crippen molar-refractivity contribution in [2.24, 2.45) is 0 Å². The average molecular weight is 420 g/mol. The summed E-state index contributed by atoms with van der Waals surface area (Å²) in [7, 11) is 0. The highest BCUT2D eigenvalue weighted by molar-refractivity contribution is 6.08. The third-order valence-corrected chi connectivity index (χ3v) is 5.01. The van der Waals surface area contributed by atoms with Crippen molar-refractivity contribution in [1.29, 1.82) is 5.26 Å². The molecule has 0 bridgehead atoms. The third-order valence-electron chi connectivity index (χ3n) is 5.01. The van der Waals surface area contributed by atoms with E-state index in [0.717, 1.165) is 11.1 Å². The van der Waals surface area contributed by atoms with Gasteiger partial charge in [0.25, 0.3) is 0 Å². The average Bonchev–Trinajstić information content (AvgIpc) is 3.28. The lowest BCUT2D eigenvalue weighted by Crippen LogP contribution is -2.01. The number of H-pyrrole nitrogens is 1. The molecule has 2 aromatic carbocycles. The summed E-state index contributed by atoms with van der Waals surface area (Å²) in [4.78, 5) is 28.4. The molecule has 0 amide bonds. The summed E-state index contributed by atoms with van der Waals surface area (Å²) >= 11 is 0. The first-order valence-electron chi connectivity index (χ1n) is 9.80. The van der Waals surface area contributed by atoms with E-state index in [9.17, 15) is 4.79 Å². The van der Waals surface area contributed by atoms with Crippen molar-refractivity contribution in [3.05, 3.63) is 78.2 Å². The number of carbonyl (C=O) groups excluding carboxylic acids is 1. The molecule has 3 heterocycles. The van der Waals surface area contributed by atoms with Gasteiger partial charge in [0, 0.05) is 35.2 Å². The maximum atomic E-state index is 12.0. The minimum absolute atomic E-state index is 0.0320. The fourth-order valence-electron chi connectivity index (χ4n) is 3.47. The largest absolute Gasteiger partial charge is 0.436 e. The summed E-state index contributed by atoms with van der Waals surface area (Å²) in [6.45, 7) is 1.53. The van der Waals surface area contributed by atoms with E-state index in [1.165, 1.54) is 6.92 Å². The van der Waals surface area contributed by atoms with Crippen molar-refractivity contribution in [2.75, 3.05) is 5.32 Å². The van der Waals surface area contributed by atoms with Gasteiger partial charge >= 0.3 is 0 Å². The number of carbonyl (C=O) groups is 1. The van der Waals surface area contributed by atoms with Crippen LogP contribution in [0.2, 0.25) is 0 Å². The highest BCUT2D eigenvalue weighted by Gasteiger charge is 2.15. The summed E-state index contributed by atoms with van der Waals surface area (Å²) in [5.74, 6) is 1.17. The smallest absolute Gasteiger partial charge is 0.248 e. The SMILES string of the molecule is CC(=O)c1ccc(Oc2nc(Nc3ccc(C#N)cc3)nc3cc[nH]c23)c2cnccc12. The van der Waals surface area contributed by atoms with Crippen LogP contribution in [0.5, 0.6) is 11.6 Å². The first-order valence-corrected chi connectivity index (χ1v) is 9.80. The van der Waals surface area contributed by atoms with Crippen LogP contribution in [0.15, 0.2) is 67.1 Å². The number of rotatable bonds is 5. The molecule has 0 saturated heterocycles. The van der Waals surface area contributed by atoms with Gasteiger partial charge < -0.3 is 15.0 Å². The van der Waals surface area contributed by atoms with E-state index in [1.54, 1.807) is 61.1 Å². The van der Waals surface area contributed by atoms with Crippen LogP contribution in [0.4, 0.5) is 11.6 Å². The highest BCUT2D eigenvalue weighted by Crippen LogP contribution is 2.34. The molecular weight excluding hydrogens is 404 g/mol. The lowest BCUT2D eigenvalue weighted by molar-refractivity contribution is 0.101. The van der Waals surface area contributed by atoms with Gasteiger partial charge in [0.1, 0.15) is 11.3 Å². The number of aromatic amines is 1. The van der Waals surface area contributed by atoms with Gasteiger partial charge in [-0.3, -0.25) is 9.78 Å². The Morgan fingerprint density at radius 2 is 1.91 bits per heavy atom. The molecule has 0 atom stereocenters. The quantitative estimate of drug-likeness (QED) is 0.379. The van der Waals surface area contributed by atoms with Crippen molar-refractivity contribution in [1.82, 2.24) is 19.9 Å². The van der Waals surface area contributed by atoms with Gasteiger partial charge in [0.05, 0.1) is 17.1 Å². The molecule has 5 rings (SSSR count). The topological polar surface area (TPSA) is 117 Å². The number of ketones is 1. The number of nitrogens with one attached hydrogen (secondary N) is 2. The van der Waals surface area contributed by atoms with Crippen LogP contribution in [0, 0.1) is 11.3 Å². The Morgan fingerprint density at radius 1 is 1.06 bits per heavy atom. The van der Waals surface area contributed by atoms with Gasteiger partial charge in [-0.15, -0.1) is 0 Å². The second-order valence-electron chi connectivity index (χ2n) is 7.10. The van der Waals surface area contributed by atoms with Gasteiger partial charge in [-0.1, -0.05) is 0 Å². The molecule has 8 nitrogen and oxygen atoms in total. The summed E-state index contributed by atoms with van der Waals surface area (Å²) in [6.07, 6.45) is 5.07. The number of nitriles is 1. The number of nitrogens with zero attached hydrogens (tertiary/aromatic N) is 4. The van der Waals surface area contributed by atoms with E-state index in [0.29, 0.717) is 45.1 Å². The molecule has 3 aromatic heterocycles. The van der Waals surface area contributed by atoms with E-state index < -0.39 is 0 Å². The first-order chi connectivity index (χ1) is 15.6. The van der Waals surface area contributed by atoms with E-state index in [2.05, 4.69) is 31.3 Å². The number of Topliss-reactive ketones (excluding diaryl/α,β-unsaturated/α-hetero) is 1. The Morgan fingerprint density at radius 3 is 2.69 bits per heavy atom. The fourth-order valence-corrected chi connectivity index (χ4v) is 3.47. The van der Waals surface area contributed by atoms with Crippen LogP contribution in [0.3, 0.4) is 0 Å². The summed E-state index contributed by atoms with van der Waals surface area (Å²) < 4.78 is 6.20. The fraction of sp³-hybridized carbons (Fsp3) is 0.0417. The maximum Gasteiger partial charge on any atom is 0.248 e. The predicted octanol–water partition coefficient (Wildman–Crippen LogP) is 5.12. The predicted molar refractivity (Wildman–Crippen MR) is 120 cm³/mol. The molecule has 2 N–H and O–H groups in total. The number of hydrogen-bond donors (Lipinski definition) is 2. The van der Waals surface area contributed by atoms with E-state index >= 15 is 0 Å². The Kier molecular flexibility index (Phi) is 4.69. The molecule has 0 radical (unpaired) electrons. The van der Waals surface area contributed by atoms with Crippen LogP contribution >= 0.6 is 0 Å². The molecule has 154 valence electrons. The number of aromatic nitrogens is 4. The Balaban J connectivity index is 1.56. The standard InChI is InChI=1S/C24H16N6O2/c1-14(31)17-6-7-21(19-13-26-10-8-18(17)19)32-23-22-20(9-11-27-22)29-24(30-23)28-16-4-2-15(12-25)3-5-16/h2-11,13,27H,1H3,(H,28,29,30). The van der Waals surface area contributed by atoms with Crippen molar-refractivity contribution >= 4 is 39.2 Å². The van der Waals surface area contributed by atoms with E-state index in [4.69, 9.17) is 10.00 Å². The van der Waals surface area contributed by atoms with Crippen LogP contribution in [0.25, 0.3) is 21.8 Å². The van der Waals surface area contributed by atoms with Gasteiger partial charge in [-0.25, -0.2) is 4.98 Å². The minimum atomic E-state index is -0.0320. The second kappa shape index (κ2) is 7.81. The normalized spacial score (nSPS) is 10.8.